The third-order valence-electron chi connectivity index (χ3n) is 7.09. The lowest BCUT2D eigenvalue weighted by molar-refractivity contribution is -0.153. The Hall–Kier alpha value is -3.03. The maximum Gasteiger partial charge on any atom is 0.407 e. The molecule has 8 heteroatoms. The van der Waals surface area contributed by atoms with Gasteiger partial charge >= 0.3 is 6.09 Å². The van der Waals surface area contributed by atoms with Gasteiger partial charge in [-0.1, -0.05) is 44.4 Å². The Labute approximate surface area is 213 Å². The van der Waals surface area contributed by atoms with E-state index >= 15 is 0 Å². The van der Waals surface area contributed by atoms with Gasteiger partial charge in [-0.25, -0.2) is 4.79 Å². The number of aromatic nitrogens is 1. The van der Waals surface area contributed by atoms with Gasteiger partial charge in [0, 0.05) is 29.6 Å². The fourth-order valence-electron chi connectivity index (χ4n) is 5.45. The fourth-order valence-corrected chi connectivity index (χ4v) is 5.45. The highest BCUT2D eigenvalue weighted by Crippen LogP contribution is 2.41. The maximum atomic E-state index is 13.7. The summed E-state index contributed by atoms with van der Waals surface area (Å²) in [5.74, 6) is -0.0617. The number of aromatic amines is 1. The average Bonchev–Trinajstić information content (AvgIpc) is 3.19. The van der Waals surface area contributed by atoms with Gasteiger partial charge in [-0.05, 0) is 58.1 Å². The van der Waals surface area contributed by atoms with E-state index < -0.39 is 23.8 Å². The molecule has 0 bridgehead atoms. The average molecular weight is 497 g/mol. The van der Waals surface area contributed by atoms with Crippen LogP contribution in [0.2, 0.25) is 0 Å². The fraction of sp³-hybridized carbons (Fsp3) is 0.607. The van der Waals surface area contributed by atoms with E-state index in [1.807, 2.05) is 37.8 Å². The van der Waals surface area contributed by atoms with Gasteiger partial charge in [-0.15, -0.1) is 0 Å². The third-order valence-corrected chi connectivity index (χ3v) is 7.09. The lowest BCUT2D eigenvalue weighted by atomic mass is 9.86. The summed E-state index contributed by atoms with van der Waals surface area (Å²) in [7, 11) is 0. The summed E-state index contributed by atoms with van der Waals surface area (Å²) in [6.45, 7) is 8.11. The first-order valence-corrected chi connectivity index (χ1v) is 13.4. The van der Waals surface area contributed by atoms with E-state index in [2.05, 4.69) is 34.7 Å². The number of unbranched alkanes of at least 4 members (excludes halogenated alkanes) is 3. The number of rotatable bonds is 9. The van der Waals surface area contributed by atoms with E-state index in [1.165, 1.54) is 5.56 Å². The molecule has 0 aliphatic carbocycles. The van der Waals surface area contributed by atoms with Gasteiger partial charge < -0.3 is 25.3 Å². The van der Waals surface area contributed by atoms with Crippen molar-refractivity contribution in [3.63, 3.8) is 0 Å². The van der Waals surface area contributed by atoms with Crippen LogP contribution in [0.3, 0.4) is 0 Å². The molecule has 2 aliphatic heterocycles. The number of amides is 3. The van der Waals surface area contributed by atoms with Crippen LogP contribution in [-0.2, 0) is 20.7 Å². The van der Waals surface area contributed by atoms with Gasteiger partial charge in [0.05, 0.1) is 6.04 Å². The number of para-hydroxylation sites is 1. The number of alkyl carbamates (subject to hydrolysis) is 1. The highest BCUT2D eigenvalue weighted by molar-refractivity contribution is 5.99. The molecule has 1 fully saturated rings. The predicted molar refractivity (Wildman–Crippen MR) is 140 cm³/mol. The lowest BCUT2D eigenvalue weighted by Gasteiger charge is -2.46. The standard InChI is InChI=1S/C28H40N4O4/c1-5-6-7-15-22-24-19(18-12-8-9-13-20(18)30-24)17-23-25(33)31-21(26(34)32(22)23)14-10-11-16-29-27(35)36-28(2,3)4/h8-9,12-13,21-23,30H,5-7,10-11,14-17H2,1-4H3,(H,29,35)(H,31,33)/t21?,22?,23-/m0/s1. The number of fused-ring (bicyclic) bond motifs is 4. The van der Waals surface area contributed by atoms with Crippen molar-refractivity contribution >= 4 is 28.8 Å². The lowest BCUT2D eigenvalue weighted by Crippen LogP contribution is -2.65. The van der Waals surface area contributed by atoms with Crippen LogP contribution < -0.4 is 10.6 Å². The van der Waals surface area contributed by atoms with Gasteiger partial charge in [-0.2, -0.15) is 0 Å². The van der Waals surface area contributed by atoms with Crippen molar-refractivity contribution in [2.45, 2.75) is 103 Å². The van der Waals surface area contributed by atoms with Gasteiger partial charge in [0.2, 0.25) is 11.8 Å². The van der Waals surface area contributed by atoms with Crippen molar-refractivity contribution in [1.29, 1.82) is 0 Å². The number of piperazine rings is 1. The van der Waals surface area contributed by atoms with E-state index in [9.17, 15) is 14.4 Å². The first kappa shape index (κ1) is 26.0. The Bertz CT molecular complexity index is 1100. The molecule has 1 saturated heterocycles. The van der Waals surface area contributed by atoms with Crippen LogP contribution in [0.15, 0.2) is 24.3 Å². The third kappa shape index (κ3) is 5.68. The molecule has 2 aliphatic rings. The van der Waals surface area contributed by atoms with Crippen LogP contribution in [0.5, 0.6) is 0 Å². The summed E-state index contributed by atoms with van der Waals surface area (Å²) in [6, 6.07) is 7.07. The Morgan fingerprint density at radius 3 is 2.61 bits per heavy atom. The van der Waals surface area contributed by atoms with Crippen molar-refractivity contribution < 1.29 is 19.1 Å². The molecule has 2 aromatic rings. The minimum atomic E-state index is -0.535. The molecule has 1 aromatic carbocycles. The molecule has 196 valence electrons. The molecule has 0 radical (unpaired) electrons. The summed E-state index contributed by atoms with van der Waals surface area (Å²) in [6.07, 6.45) is 6.11. The number of carbonyl (C=O) groups excluding carboxylic acids is 3. The van der Waals surface area contributed by atoms with E-state index in [0.29, 0.717) is 32.2 Å². The molecule has 1 aromatic heterocycles. The van der Waals surface area contributed by atoms with Crippen molar-refractivity contribution in [2.24, 2.45) is 0 Å². The number of hydrogen-bond donors (Lipinski definition) is 3. The zero-order chi connectivity index (χ0) is 25.9. The number of benzene rings is 1. The van der Waals surface area contributed by atoms with Gasteiger partial charge in [0.1, 0.15) is 17.7 Å². The SMILES string of the molecule is CCCCCC1c2[nH]c3ccccc3c2C[C@H]2C(=O)NC(CCCCNC(=O)OC(C)(C)C)C(=O)N12. The molecule has 4 rings (SSSR count). The van der Waals surface area contributed by atoms with Crippen LogP contribution in [0.4, 0.5) is 4.79 Å². The van der Waals surface area contributed by atoms with Gasteiger partial charge in [-0.3, -0.25) is 9.59 Å². The molecule has 3 atom stereocenters. The Morgan fingerprint density at radius 2 is 1.86 bits per heavy atom. The minimum absolute atomic E-state index is 0.00510. The van der Waals surface area contributed by atoms with E-state index in [-0.39, 0.29) is 17.9 Å². The summed E-state index contributed by atoms with van der Waals surface area (Å²) in [5, 5.41) is 6.90. The Kier molecular flexibility index (Phi) is 7.91. The second-order valence-corrected chi connectivity index (χ2v) is 11.0. The summed E-state index contributed by atoms with van der Waals surface area (Å²) in [4.78, 5) is 44.2. The number of hydrogen-bond acceptors (Lipinski definition) is 4. The summed E-state index contributed by atoms with van der Waals surface area (Å²) >= 11 is 0. The van der Waals surface area contributed by atoms with Crippen LogP contribution in [-0.4, -0.2) is 52.0 Å². The molecule has 3 N–H and O–H groups in total. The number of carbonyl (C=O) groups is 3. The molecule has 0 spiro atoms. The molecule has 2 unspecified atom stereocenters. The molecule has 0 saturated carbocycles. The second kappa shape index (κ2) is 10.9. The van der Waals surface area contributed by atoms with Crippen molar-refractivity contribution in [3.8, 4) is 0 Å². The maximum absolute atomic E-state index is 13.7. The molecule has 8 nitrogen and oxygen atoms in total. The predicted octanol–water partition coefficient (Wildman–Crippen LogP) is 4.74. The summed E-state index contributed by atoms with van der Waals surface area (Å²) in [5.41, 5.74) is 2.78. The number of nitrogens with one attached hydrogen (secondary N) is 3. The Balaban J connectivity index is 1.44. The van der Waals surface area contributed by atoms with Crippen molar-refractivity contribution in [3.05, 3.63) is 35.5 Å². The Morgan fingerprint density at radius 1 is 1.11 bits per heavy atom. The molecular weight excluding hydrogens is 456 g/mol. The van der Waals surface area contributed by atoms with E-state index in [0.717, 1.165) is 42.3 Å². The first-order valence-electron chi connectivity index (χ1n) is 13.4. The van der Waals surface area contributed by atoms with Crippen molar-refractivity contribution in [2.75, 3.05) is 6.54 Å². The monoisotopic (exact) mass is 496 g/mol. The van der Waals surface area contributed by atoms with Crippen LogP contribution in [0.25, 0.3) is 10.9 Å². The molecular formula is C28H40N4O4. The van der Waals surface area contributed by atoms with Crippen LogP contribution >= 0.6 is 0 Å². The largest absolute Gasteiger partial charge is 0.444 e. The van der Waals surface area contributed by atoms with Crippen molar-refractivity contribution in [1.82, 2.24) is 20.5 Å². The van der Waals surface area contributed by atoms with E-state index in [4.69, 9.17) is 4.74 Å². The van der Waals surface area contributed by atoms with Gasteiger partial charge in [0.25, 0.3) is 0 Å². The molecule has 3 amide bonds. The highest BCUT2D eigenvalue weighted by atomic mass is 16.6. The summed E-state index contributed by atoms with van der Waals surface area (Å²) < 4.78 is 5.26. The smallest absolute Gasteiger partial charge is 0.407 e. The number of H-pyrrole nitrogens is 1. The quantitative estimate of drug-likeness (QED) is 0.436. The van der Waals surface area contributed by atoms with Gasteiger partial charge in [0.15, 0.2) is 0 Å². The number of ether oxygens (including phenoxy) is 1. The van der Waals surface area contributed by atoms with E-state index in [1.54, 1.807) is 0 Å². The topological polar surface area (TPSA) is 104 Å². The highest BCUT2D eigenvalue weighted by Gasteiger charge is 2.47. The van der Waals surface area contributed by atoms with Crippen LogP contribution in [0, 0.1) is 0 Å². The van der Waals surface area contributed by atoms with Crippen LogP contribution in [0.1, 0.15) is 89.9 Å². The minimum Gasteiger partial charge on any atom is -0.444 e. The zero-order valence-corrected chi connectivity index (χ0v) is 22.0. The molecule has 36 heavy (non-hydrogen) atoms. The number of nitrogens with zero attached hydrogens (tertiary/aromatic N) is 1. The normalized spacial score (nSPS) is 21.7. The molecule has 3 heterocycles. The second-order valence-electron chi connectivity index (χ2n) is 11.0. The zero-order valence-electron chi connectivity index (χ0n) is 22.0. The first-order chi connectivity index (χ1) is 17.2.